The summed E-state index contributed by atoms with van der Waals surface area (Å²) in [4.78, 5) is 30.1. The van der Waals surface area contributed by atoms with Crippen molar-refractivity contribution in [2.24, 2.45) is 0 Å². The van der Waals surface area contributed by atoms with Gasteiger partial charge in [0, 0.05) is 54.4 Å². The number of methoxy groups -OCH3 is 2. The highest BCUT2D eigenvalue weighted by Crippen LogP contribution is 2.58. The number of hydrogen-bond acceptors (Lipinski definition) is 12. The van der Waals surface area contributed by atoms with E-state index in [9.17, 15) is 28.0 Å². The van der Waals surface area contributed by atoms with Gasteiger partial charge in [-0.15, -0.1) is 0 Å². The Morgan fingerprint density at radius 2 is 1.80 bits per heavy atom. The van der Waals surface area contributed by atoms with E-state index in [0.717, 1.165) is 34.9 Å². The lowest BCUT2D eigenvalue weighted by molar-refractivity contribution is -0.143. The highest BCUT2D eigenvalue weighted by atomic mass is 19.4. The molecule has 12 nitrogen and oxygen atoms in total. The molecule has 1 unspecified atom stereocenters. The van der Waals surface area contributed by atoms with Crippen LogP contribution in [0.4, 0.5) is 13.2 Å². The number of piperazine rings is 1. The van der Waals surface area contributed by atoms with Gasteiger partial charge in [0.1, 0.15) is 18.4 Å². The number of halogens is 3. The largest absolute Gasteiger partial charge is 0.493 e. The summed E-state index contributed by atoms with van der Waals surface area (Å²) in [6.07, 6.45) is -1.47. The number of ether oxygens (including phenoxy) is 7. The lowest BCUT2D eigenvalue weighted by Crippen LogP contribution is -2.68. The molecule has 0 N–H and O–H groups in total. The minimum atomic E-state index is -4.55. The fraction of sp³-hybridized carbons (Fsp3) is 0.425. The highest BCUT2D eigenvalue weighted by Gasteiger charge is 2.57. The van der Waals surface area contributed by atoms with Crippen molar-refractivity contribution in [2.75, 3.05) is 41.5 Å². The van der Waals surface area contributed by atoms with Gasteiger partial charge in [0.05, 0.1) is 30.8 Å². The fourth-order valence-electron chi connectivity index (χ4n) is 8.70. The van der Waals surface area contributed by atoms with Crippen LogP contribution in [0.15, 0.2) is 36.4 Å². The molecule has 0 amide bonds. The third kappa shape index (κ3) is 6.62. The molecule has 3 aromatic carbocycles. The zero-order valence-electron chi connectivity index (χ0n) is 31.1. The Labute approximate surface area is 315 Å². The van der Waals surface area contributed by atoms with Gasteiger partial charge in [-0.2, -0.15) is 18.4 Å². The summed E-state index contributed by atoms with van der Waals surface area (Å²) in [5.74, 6) is 0.752. The summed E-state index contributed by atoms with van der Waals surface area (Å²) < 4.78 is 81.2. The molecule has 0 spiro atoms. The Morgan fingerprint density at radius 3 is 2.49 bits per heavy atom. The number of nitriles is 1. The summed E-state index contributed by atoms with van der Waals surface area (Å²) in [7, 11) is 5.06. The highest BCUT2D eigenvalue weighted by molar-refractivity contribution is 5.87. The molecular weight excluding hydrogens is 723 g/mol. The van der Waals surface area contributed by atoms with Crippen LogP contribution in [0.2, 0.25) is 0 Å². The van der Waals surface area contributed by atoms with E-state index >= 15 is 0 Å². The van der Waals surface area contributed by atoms with E-state index in [-0.39, 0.29) is 38.2 Å². The Kier molecular flexibility index (Phi) is 10.2. The van der Waals surface area contributed by atoms with E-state index in [4.69, 9.17) is 33.2 Å². The zero-order chi connectivity index (χ0) is 39.3. The van der Waals surface area contributed by atoms with Gasteiger partial charge in [0.25, 0.3) is 0 Å². The molecule has 4 aliphatic heterocycles. The summed E-state index contributed by atoms with van der Waals surface area (Å²) in [5, 5.41) is 11.0. The SMILES string of the molecule is COCOc1c(OC)c(C)cc2c1[C@H]1C3Cc4c(OC(C)=O)c(C)c5c(c4[C@H](COC(=O)/C=C/c4cccc(C(F)(F)F)c4)N3[C@@H](C#N)[C@H](C2)N1C)OCO5. The first kappa shape index (κ1) is 38.0. The third-order valence-corrected chi connectivity index (χ3v) is 10.8. The maximum atomic E-state index is 13.3. The quantitative estimate of drug-likeness (QED) is 0.110. The van der Waals surface area contributed by atoms with Crippen molar-refractivity contribution in [3.8, 4) is 34.8 Å². The number of likely N-dealkylation sites (N-methyl/N-ethyl adjacent to an activating group) is 1. The number of aryl methyl sites for hydroxylation is 1. The molecule has 4 heterocycles. The second-order valence-corrected chi connectivity index (χ2v) is 14.0. The molecule has 2 bridgehead atoms. The Hall–Kier alpha value is -5.30. The van der Waals surface area contributed by atoms with Crippen LogP contribution in [0.25, 0.3) is 6.08 Å². The van der Waals surface area contributed by atoms with Gasteiger partial charge < -0.3 is 33.2 Å². The van der Waals surface area contributed by atoms with Gasteiger partial charge in [-0.3, -0.25) is 14.6 Å². The van der Waals surface area contributed by atoms with Gasteiger partial charge in [-0.05, 0) is 68.6 Å². The Morgan fingerprint density at radius 1 is 1.04 bits per heavy atom. The van der Waals surface area contributed by atoms with Gasteiger partial charge in [-0.25, -0.2) is 4.79 Å². The van der Waals surface area contributed by atoms with Crippen molar-refractivity contribution in [1.82, 2.24) is 9.80 Å². The Balaban J connectivity index is 1.36. The van der Waals surface area contributed by atoms with Crippen LogP contribution in [0.5, 0.6) is 28.7 Å². The molecule has 15 heteroatoms. The van der Waals surface area contributed by atoms with E-state index in [0.29, 0.717) is 51.9 Å². The number of carbonyl (C=O) groups excluding carboxylic acids is 2. The first-order valence-electron chi connectivity index (χ1n) is 17.6. The number of rotatable bonds is 9. The standard InChI is InChI=1S/C40H40F3N3O9/c1-20-12-24-14-27-29(16-44)46-28(34(45(27)4)32(24)38(35(20)50-6)52-18-49-5)15-26-33(39-37(53-19-54-39)21(2)36(26)55-22(3)47)30(46)17-51-31(48)11-10-23-8-7-9-25(13-23)40(41,42)43/h7-13,27-30,34H,14-15,17-19H2,1-6H3/b11-10+/t27-,28?,29-,30-,34+/m0/s1. The summed E-state index contributed by atoms with van der Waals surface area (Å²) in [6, 6.07) is 6.46. The van der Waals surface area contributed by atoms with Crippen molar-refractivity contribution in [3.63, 3.8) is 0 Å². The maximum absolute atomic E-state index is 13.3. The van der Waals surface area contributed by atoms with E-state index in [1.54, 1.807) is 14.0 Å². The molecule has 0 aromatic heterocycles. The van der Waals surface area contributed by atoms with Crippen molar-refractivity contribution >= 4 is 18.0 Å². The topological polar surface area (TPSA) is 129 Å². The lowest BCUT2D eigenvalue weighted by atomic mass is 9.71. The van der Waals surface area contributed by atoms with Crippen molar-refractivity contribution in [2.45, 2.75) is 70.0 Å². The smallest absolute Gasteiger partial charge is 0.416 e. The molecule has 3 aromatic rings. The van der Waals surface area contributed by atoms with Crippen LogP contribution < -0.4 is 23.7 Å². The predicted molar refractivity (Wildman–Crippen MR) is 190 cm³/mol. The molecule has 5 atom stereocenters. The molecule has 7 rings (SSSR count). The van der Waals surface area contributed by atoms with Crippen molar-refractivity contribution in [3.05, 3.63) is 80.9 Å². The second-order valence-electron chi connectivity index (χ2n) is 14.0. The molecule has 0 saturated carbocycles. The number of alkyl halides is 3. The van der Waals surface area contributed by atoms with Crippen LogP contribution >= 0.6 is 0 Å². The Bertz CT molecular complexity index is 2110. The average molecular weight is 764 g/mol. The molecule has 55 heavy (non-hydrogen) atoms. The first-order chi connectivity index (χ1) is 26.3. The first-order valence-corrected chi connectivity index (χ1v) is 17.6. The minimum Gasteiger partial charge on any atom is -0.493 e. The van der Waals surface area contributed by atoms with Gasteiger partial charge >= 0.3 is 18.1 Å². The molecule has 0 radical (unpaired) electrons. The summed E-state index contributed by atoms with van der Waals surface area (Å²) in [6.45, 7) is 4.57. The van der Waals surface area contributed by atoms with Crippen LogP contribution in [0.1, 0.15) is 63.5 Å². The monoisotopic (exact) mass is 763 g/mol. The normalized spacial score (nSPS) is 22.7. The average Bonchev–Trinajstić information content (AvgIpc) is 3.64. The minimum absolute atomic E-state index is 0.0456. The van der Waals surface area contributed by atoms with Crippen molar-refractivity contribution < 1.29 is 55.9 Å². The van der Waals surface area contributed by atoms with E-state index in [2.05, 4.69) is 17.0 Å². The van der Waals surface area contributed by atoms with Gasteiger partial charge in [0.15, 0.2) is 29.8 Å². The third-order valence-electron chi connectivity index (χ3n) is 10.8. The molecule has 4 aliphatic rings. The number of carbonyl (C=O) groups is 2. The number of nitrogens with zero attached hydrogens (tertiary/aromatic N) is 3. The molecule has 1 saturated heterocycles. The molecule has 290 valence electrons. The molecule has 1 fully saturated rings. The predicted octanol–water partition coefficient (Wildman–Crippen LogP) is 6.00. The number of esters is 2. The maximum Gasteiger partial charge on any atom is 0.416 e. The van der Waals surface area contributed by atoms with Crippen LogP contribution in [0, 0.1) is 25.2 Å². The van der Waals surface area contributed by atoms with E-state index in [1.807, 2.05) is 18.9 Å². The molecular formula is C40H40F3N3O9. The van der Waals surface area contributed by atoms with Crippen molar-refractivity contribution in [1.29, 1.82) is 5.26 Å². The number of hydrogen-bond donors (Lipinski definition) is 0. The number of benzene rings is 3. The zero-order valence-corrected chi connectivity index (χ0v) is 31.1. The van der Waals surface area contributed by atoms with Gasteiger partial charge in [0.2, 0.25) is 6.79 Å². The fourth-order valence-corrected chi connectivity index (χ4v) is 8.70. The van der Waals surface area contributed by atoms with Crippen LogP contribution in [-0.2, 0) is 38.1 Å². The van der Waals surface area contributed by atoms with Crippen LogP contribution in [-0.4, -0.2) is 81.3 Å². The number of fused-ring (bicyclic) bond motifs is 9. The molecule has 0 aliphatic carbocycles. The summed E-state index contributed by atoms with van der Waals surface area (Å²) >= 11 is 0. The van der Waals surface area contributed by atoms with E-state index < -0.39 is 47.8 Å². The second kappa shape index (κ2) is 14.7. The van der Waals surface area contributed by atoms with E-state index in [1.165, 1.54) is 32.2 Å². The van der Waals surface area contributed by atoms with Crippen LogP contribution in [0.3, 0.4) is 0 Å². The lowest BCUT2D eigenvalue weighted by Gasteiger charge is -2.59. The summed E-state index contributed by atoms with van der Waals surface area (Å²) in [5.41, 5.74) is 3.76. The van der Waals surface area contributed by atoms with Gasteiger partial charge in [-0.1, -0.05) is 18.2 Å².